The van der Waals surface area contributed by atoms with Crippen LogP contribution < -0.4 is 5.14 Å². The van der Waals surface area contributed by atoms with Crippen LogP contribution in [-0.2, 0) is 14.5 Å². The molecule has 0 aromatic carbocycles. The smallest absolute Gasteiger partial charge is 0.227 e. The van der Waals surface area contributed by atoms with Gasteiger partial charge >= 0.3 is 10.3 Å². The molecule has 0 aromatic heterocycles. The molecule has 0 saturated heterocycles. The largest absolute Gasteiger partial charge is 0.430 e. The second-order valence-corrected chi connectivity index (χ2v) is 3.01. The highest BCUT2D eigenvalue weighted by Gasteiger charge is 2.07. The van der Waals surface area contributed by atoms with E-state index < -0.39 is 10.3 Å². The van der Waals surface area contributed by atoms with Gasteiger partial charge in [0.05, 0.1) is 6.10 Å². The van der Waals surface area contributed by atoms with Crippen molar-refractivity contribution in [2.45, 2.75) is 20.0 Å². The summed E-state index contributed by atoms with van der Waals surface area (Å²) in [6.07, 6.45) is -0.308. The molecule has 0 rings (SSSR count). The van der Waals surface area contributed by atoms with E-state index in [0.29, 0.717) is 0 Å². The minimum absolute atomic E-state index is 0.308. The van der Waals surface area contributed by atoms with Crippen LogP contribution in [0.3, 0.4) is 0 Å². The van der Waals surface area contributed by atoms with Crippen LogP contribution in [0, 0.1) is 0 Å². The number of quaternary nitrogens is 1. The summed E-state index contributed by atoms with van der Waals surface area (Å²) >= 11 is 0. The second-order valence-electron chi connectivity index (χ2n) is 1.70. The van der Waals surface area contributed by atoms with E-state index in [0.717, 1.165) is 0 Å². The van der Waals surface area contributed by atoms with Gasteiger partial charge in [0.2, 0.25) is 0 Å². The first-order valence-electron chi connectivity index (χ1n) is 2.18. The molecule has 0 heterocycles. The lowest BCUT2D eigenvalue weighted by atomic mass is 10.5. The molecule has 0 fully saturated rings. The lowest BCUT2D eigenvalue weighted by molar-refractivity contribution is -0.188. The molecule has 5 heteroatoms. The van der Waals surface area contributed by atoms with E-state index in [2.05, 4.69) is 9.32 Å². The number of rotatable bonds is 2. The zero-order valence-corrected chi connectivity index (χ0v) is 5.73. The Bertz CT molecular complexity index is 148. The van der Waals surface area contributed by atoms with Gasteiger partial charge in [0.15, 0.2) is 0 Å². The molecule has 50 valence electrons. The van der Waals surface area contributed by atoms with E-state index in [1.54, 1.807) is 13.8 Å². The Morgan fingerprint density at radius 3 is 1.88 bits per heavy atom. The third kappa shape index (κ3) is 5.87. The molecule has 8 heavy (non-hydrogen) atoms. The van der Waals surface area contributed by atoms with E-state index in [1.807, 2.05) is 0 Å². The fraction of sp³-hybridized carbons (Fsp3) is 1.00. The lowest BCUT2D eigenvalue weighted by Gasteiger charge is -1.98. The fourth-order valence-electron chi connectivity index (χ4n) is 0.293. The Labute approximate surface area is 48.9 Å². The molecule has 3 N–H and O–H groups in total. The maximum atomic E-state index is 10.1. The summed E-state index contributed by atoms with van der Waals surface area (Å²) in [4.78, 5) is 0. The first-order chi connectivity index (χ1) is 3.42. The first kappa shape index (κ1) is 7.87. The molecule has 0 aromatic rings. The minimum Gasteiger partial charge on any atom is -0.227 e. The van der Waals surface area contributed by atoms with Gasteiger partial charge in [-0.3, -0.25) is 0 Å². The van der Waals surface area contributed by atoms with Crippen LogP contribution in [0.4, 0.5) is 0 Å². The molecule has 0 unspecified atom stereocenters. The summed E-state index contributed by atoms with van der Waals surface area (Å²) in [5.41, 5.74) is 0. The van der Waals surface area contributed by atoms with Gasteiger partial charge in [-0.1, -0.05) is 0 Å². The van der Waals surface area contributed by atoms with Gasteiger partial charge in [0.1, 0.15) is 0 Å². The van der Waals surface area contributed by atoms with E-state index in [-0.39, 0.29) is 6.10 Å². The highest BCUT2D eigenvalue weighted by Crippen LogP contribution is 1.88. The van der Waals surface area contributed by atoms with Crippen LogP contribution in [0.2, 0.25) is 0 Å². The van der Waals surface area contributed by atoms with E-state index in [9.17, 15) is 8.42 Å². The molecular formula is C3H10NO3S+. The molecule has 0 saturated carbocycles. The fourth-order valence-corrected chi connectivity index (χ4v) is 0.880. The van der Waals surface area contributed by atoms with Crippen LogP contribution in [-0.4, -0.2) is 14.5 Å². The Kier molecular flexibility index (Phi) is 2.39. The molecule has 0 aliphatic rings. The highest BCUT2D eigenvalue weighted by atomic mass is 32.2. The van der Waals surface area contributed by atoms with Crippen molar-refractivity contribution < 1.29 is 17.7 Å². The quantitative estimate of drug-likeness (QED) is 0.529. The SMILES string of the molecule is CC(C)OS([NH3+])(=O)=O. The van der Waals surface area contributed by atoms with Crippen molar-refractivity contribution in [2.24, 2.45) is 0 Å². The number of hydrogen-bond donors (Lipinski definition) is 1. The summed E-state index contributed by atoms with van der Waals surface area (Å²) in [5, 5.41) is 2.76. The van der Waals surface area contributed by atoms with Crippen molar-refractivity contribution in [1.82, 2.24) is 0 Å². The van der Waals surface area contributed by atoms with Crippen LogP contribution >= 0.6 is 0 Å². The molecular weight excluding hydrogens is 130 g/mol. The lowest BCUT2D eigenvalue weighted by Crippen LogP contribution is -2.57. The molecule has 0 bridgehead atoms. The van der Waals surface area contributed by atoms with Crippen molar-refractivity contribution in [3.05, 3.63) is 0 Å². The van der Waals surface area contributed by atoms with Gasteiger partial charge < -0.3 is 0 Å². The first-order valence-corrected chi connectivity index (χ1v) is 3.76. The molecule has 0 aliphatic heterocycles. The molecule has 0 atom stereocenters. The van der Waals surface area contributed by atoms with Gasteiger partial charge in [-0.2, -0.15) is 0 Å². The topological polar surface area (TPSA) is 71.0 Å². The summed E-state index contributed by atoms with van der Waals surface area (Å²) in [7, 11) is -3.47. The van der Waals surface area contributed by atoms with Crippen LogP contribution in [0.5, 0.6) is 0 Å². The third-order valence-corrected chi connectivity index (χ3v) is 1.02. The second kappa shape index (κ2) is 2.43. The normalized spacial score (nSPS) is 12.5. The summed E-state index contributed by atoms with van der Waals surface area (Å²) in [6, 6.07) is 0. The zero-order valence-electron chi connectivity index (χ0n) is 4.92. The maximum Gasteiger partial charge on any atom is 0.430 e. The Hall–Kier alpha value is -0.130. The molecule has 0 amide bonds. The van der Waals surface area contributed by atoms with Crippen LogP contribution in [0.1, 0.15) is 13.8 Å². The van der Waals surface area contributed by atoms with Gasteiger partial charge in [-0.25, -0.2) is 9.32 Å². The zero-order chi connectivity index (χ0) is 6.78. The van der Waals surface area contributed by atoms with Crippen molar-refractivity contribution in [3.63, 3.8) is 0 Å². The van der Waals surface area contributed by atoms with Crippen LogP contribution in [0.15, 0.2) is 0 Å². The molecule has 0 radical (unpaired) electrons. The van der Waals surface area contributed by atoms with E-state index >= 15 is 0 Å². The summed E-state index contributed by atoms with van der Waals surface area (Å²) < 4.78 is 24.5. The van der Waals surface area contributed by atoms with Gasteiger partial charge in [0.25, 0.3) is 0 Å². The van der Waals surface area contributed by atoms with E-state index in [4.69, 9.17) is 0 Å². The average Bonchev–Trinajstić information content (AvgIpc) is 1.21. The Balaban J connectivity index is 3.75. The third-order valence-electron chi connectivity index (χ3n) is 0.339. The van der Waals surface area contributed by atoms with Gasteiger partial charge in [0, 0.05) is 0 Å². The maximum absolute atomic E-state index is 10.1. The average molecular weight is 140 g/mol. The van der Waals surface area contributed by atoms with Gasteiger partial charge in [-0.15, -0.1) is 8.42 Å². The predicted octanol–water partition coefficient (Wildman–Crippen LogP) is -1.10. The molecule has 4 nitrogen and oxygen atoms in total. The van der Waals surface area contributed by atoms with Crippen molar-refractivity contribution in [3.8, 4) is 0 Å². The Morgan fingerprint density at radius 2 is 1.88 bits per heavy atom. The molecule has 0 spiro atoms. The van der Waals surface area contributed by atoms with Gasteiger partial charge in [-0.05, 0) is 13.8 Å². The van der Waals surface area contributed by atoms with Crippen molar-refractivity contribution >= 4 is 10.3 Å². The molecule has 0 aliphatic carbocycles. The highest BCUT2D eigenvalue weighted by molar-refractivity contribution is 7.79. The van der Waals surface area contributed by atoms with Crippen molar-refractivity contribution in [2.75, 3.05) is 0 Å². The number of hydrogen-bond acceptors (Lipinski definition) is 3. The minimum atomic E-state index is -3.47. The van der Waals surface area contributed by atoms with E-state index in [1.165, 1.54) is 0 Å². The Morgan fingerprint density at radius 1 is 1.50 bits per heavy atom. The van der Waals surface area contributed by atoms with Crippen molar-refractivity contribution in [1.29, 1.82) is 0 Å². The summed E-state index contributed by atoms with van der Waals surface area (Å²) in [6.45, 7) is 3.26. The van der Waals surface area contributed by atoms with Crippen LogP contribution in [0.25, 0.3) is 0 Å². The standard InChI is InChI=1S/C3H9NO3S/c1-3(2)7-8(4,5)6/h3H,1-2H3,(H2,4,5,6)/p+1. The summed E-state index contributed by atoms with van der Waals surface area (Å²) in [5.74, 6) is 0. The monoisotopic (exact) mass is 140 g/mol. The predicted molar refractivity (Wildman–Crippen MR) is 28.0 cm³/mol.